The Morgan fingerprint density at radius 1 is 1.12 bits per heavy atom. The molecule has 0 spiro atoms. The van der Waals surface area contributed by atoms with Crippen molar-refractivity contribution in [3.8, 4) is 5.75 Å². The highest BCUT2D eigenvalue weighted by Gasteiger charge is 2.56. The number of benzene rings is 2. The molecule has 1 fully saturated rings. The normalized spacial score (nSPS) is 21.8. The first kappa shape index (κ1) is 23.2. The minimum atomic E-state index is -1.19. The van der Waals surface area contributed by atoms with E-state index < -0.39 is 23.3 Å². The number of methoxy groups -OCH3 is 1. The van der Waals surface area contributed by atoms with Crippen molar-refractivity contribution < 1.29 is 24.2 Å². The Hall–Kier alpha value is -2.97. The van der Waals surface area contributed by atoms with Gasteiger partial charge in [0.05, 0.1) is 13.5 Å². The van der Waals surface area contributed by atoms with Crippen LogP contribution in [0.1, 0.15) is 11.1 Å². The molecule has 2 heterocycles. The first-order valence-electron chi connectivity index (χ1n) is 10.4. The van der Waals surface area contributed by atoms with Crippen molar-refractivity contribution in [3.05, 3.63) is 77.0 Å². The van der Waals surface area contributed by atoms with Crippen LogP contribution >= 0.6 is 23.4 Å². The molecule has 2 aromatic carbocycles. The van der Waals surface area contributed by atoms with Crippen LogP contribution in [0.2, 0.25) is 0 Å². The molecule has 0 bridgehead atoms. The largest absolute Gasteiger partial charge is 0.497 e. The van der Waals surface area contributed by atoms with Crippen LogP contribution < -0.4 is 10.1 Å². The summed E-state index contributed by atoms with van der Waals surface area (Å²) >= 11 is 7.61. The number of carboxylic acids is 1. The van der Waals surface area contributed by atoms with E-state index in [4.69, 9.17) is 16.3 Å². The van der Waals surface area contributed by atoms with Gasteiger partial charge in [0.1, 0.15) is 22.9 Å². The number of alkyl halides is 1. The fourth-order valence-corrected chi connectivity index (χ4v) is 6.14. The van der Waals surface area contributed by atoms with Gasteiger partial charge in [-0.25, -0.2) is 4.79 Å². The van der Waals surface area contributed by atoms with E-state index in [1.165, 1.54) is 16.7 Å². The van der Waals surface area contributed by atoms with Crippen molar-refractivity contribution in [1.82, 2.24) is 10.2 Å². The SMILES string of the molecule is COc1ccc(CC(=O)NC2C(=O)N3C(C(=O)O)=C(CCl)C(Cc4ccccc4)S[C@H]23)cc1. The predicted molar refractivity (Wildman–Crippen MR) is 126 cm³/mol. The fraction of sp³-hybridized carbons (Fsp3) is 0.292. The average Bonchev–Trinajstić information content (AvgIpc) is 2.82. The highest BCUT2D eigenvalue weighted by Crippen LogP contribution is 2.45. The van der Waals surface area contributed by atoms with Gasteiger partial charge in [-0.3, -0.25) is 14.5 Å². The molecular formula is C24H23ClN2O5S. The monoisotopic (exact) mass is 486 g/mol. The topological polar surface area (TPSA) is 95.9 Å². The number of carbonyl (C=O) groups is 3. The molecule has 0 aliphatic carbocycles. The van der Waals surface area contributed by atoms with Crippen LogP contribution in [0.5, 0.6) is 5.75 Å². The summed E-state index contributed by atoms with van der Waals surface area (Å²) in [5.74, 6) is -1.23. The maximum Gasteiger partial charge on any atom is 0.352 e. The van der Waals surface area contributed by atoms with Crippen LogP contribution in [-0.2, 0) is 27.2 Å². The standard InChI is InChI=1S/C24H23ClN2O5S/c1-32-16-9-7-15(8-10-16)12-19(28)26-20-22(29)27-21(24(30)31)17(13-25)18(33-23(20)27)11-14-5-3-2-4-6-14/h2-10,18,20,23H,11-13H2,1H3,(H,26,28)(H,30,31)/t18?,20?,23-/m1/s1. The zero-order chi connectivity index (χ0) is 23.5. The lowest BCUT2D eigenvalue weighted by atomic mass is 9.98. The minimum absolute atomic E-state index is 0.0110. The zero-order valence-electron chi connectivity index (χ0n) is 17.9. The van der Waals surface area contributed by atoms with E-state index in [1.807, 2.05) is 30.3 Å². The van der Waals surface area contributed by atoms with Crippen molar-refractivity contribution in [3.63, 3.8) is 0 Å². The van der Waals surface area contributed by atoms with Crippen molar-refractivity contribution in [2.24, 2.45) is 0 Å². The van der Waals surface area contributed by atoms with Gasteiger partial charge in [-0.15, -0.1) is 23.4 Å². The second kappa shape index (κ2) is 9.89. The summed E-state index contributed by atoms with van der Waals surface area (Å²) in [5.41, 5.74) is 2.28. The lowest BCUT2D eigenvalue weighted by Gasteiger charge is -2.51. The predicted octanol–water partition coefficient (Wildman–Crippen LogP) is 2.83. The molecule has 2 aromatic rings. The molecule has 172 valence electrons. The van der Waals surface area contributed by atoms with Crippen molar-refractivity contribution >= 4 is 41.1 Å². The van der Waals surface area contributed by atoms with E-state index in [0.29, 0.717) is 17.7 Å². The Balaban J connectivity index is 1.51. The average molecular weight is 487 g/mol. The summed E-state index contributed by atoms with van der Waals surface area (Å²) in [6.07, 6.45) is 0.683. The molecule has 0 saturated carbocycles. The summed E-state index contributed by atoms with van der Waals surface area (Å²) in [4.78, 5) is 38.8. The summed E-state index contributed by atoms with van der Waals surface area (Å²) in [7, 11) is 1.57. The quantitative estimate of drug-likeness (QED) is 0.440. The van der Waals surface area contributed by atoms with E-state index >= 15 is 0 Å². The van der Waals surface area contributed by atoms with Crippen LogP contribution in [0.15, 0.2) is 65.9 Å². The molecule has 9 heteroatoms. The Morgan fingerprint density at radius 2 is 1.82 bits per heavy atom. The number of amides is 2. The van der Waals surface area contributed by atoms with Gasteiger partial charge in [0, 0.05) is 11.1 Å². The summed E-state index contributed by atoms with van der Waals surface area (Å²) in [5, 5.41) is 11.9. The van der Waals surface area contributed by atoms with Gasteiger partial charge in [0.15, 0.2) is 0 Å². The second-order valence-electron chi connectivity index (χ2n) is 7.80. The van der Waals surface area contributed by atoms with E-state index in [-0.39, 0.29) is 29.2 Å². The summed E-state index contributed by atoms with van der Waals surface area (Å²) in [6, 6.07) is 16.0. The smallest absolute Gasteiger partial charge is 0.352 e. The summed E-state index contributed by atoms with van der Waals surface area (Å²) in [6.45, 7) is 0. The Morgan fingerprint density at radius 3 is 2.42 bits per heavy atom. The Kier molecular flexibility index (Phi) is 6.95. The molecule has 3 atom stereocenters. The molecule has 1 saturated heterocycles. The van der Waals surface area contributed by atoms with Gasteiger partial charge >= 0.3 is 5.97 Å². The van der Waals surface area contributed by atoms with E-state index in [0.717, 1.165) is 11.1 Å². The number of hydrogen-bond donors (Lipinski definition) is 2. The first-order valence-corrected chi connectivity index (χ1v) is 11.9. The maximum absolute atomic E-state index is 12.8. The van der Waals surface area contributed by atoms with Crippen molar-refractivity contribution in [1.29, 1.82) is 0 Å². The molecule has 2 aliphatic rings. The van der Waals surface area contributed by atoms with Crippen LogP contribution in [0, 0.1) is 0 Å². The number of aliphatic carboxylic acids is 1. The van der Waals surface area contributed by atoms with Gasteiger partial charge < -0.3 is 15.2 Å². The highest BCUT2D eigenvalue weighted by atomic mass is 35.5. The van der Waals surface area contributed by atoms with Gasteiger partial charge in [0.25, 0.3) is 5.91 Å². The Bertz CT molecular complexity index is 1090. The number of thioether (sulfide) groups is 1. The number of nitrogens with zero attached hydrogens (tertiary/aromatic N) is 1. The molecule has 0 aromatic heterocycles. The molecular weight excluding hydrogens is 464 g/mol. The molecule has 0 radical (unpaired) electrons. The number of ether oxygens (including phenoxy) is 1. The third-order valence-corrected chi connectivity index (χ3v) is 7.56. The lowest BCUT2D eigenvalue weighted by molar-refractivity contribution is -0.150. The number of carbonyl (C=O) groups excluding carboxylic acids is 2. The number of halogens is 1. The molecule has 2 amide bonds. The molecule has 4 rings (SSSR count). The van der Waals surface area contributed by atoms with Gasteiger partial charge in [0.2, 0.25) is 5.91 Å². The lowest BCUT2D eigenvalue weighted by Crippen LogP contribution is -2.71. The van der Waals surface area contributed by atoms with E-state index in [1.54, 1.807) is 31.4 Å². The van der Waals surface area contributed by atoms with E-state index in [2.05, 4.69) is 5.32 Å². The number of nitrogens with one attached hydrogen (secondary N) is 1. The minimum Gasteiger partial charge on any atom is -0.497 e. The van der Waals surface area contributed by atoms with Crippen LogP contribution in [0.4, 0.5) is 0 Å². The molecule has 7 nitrogen and oxygen atoms in total. The van der Waals surface area contributed by atoms with Crippen LogP contribution in [-0.4, -0.2) is 57.4 Å². The number of rotatable bonds is 8. The highest BCUT2D eigenvalue weighted by molar-refractivity contribution is 8.00. The maximum atomic E-state index is 12.8. The van der Waals surface area contributed by atoms with Gasteiger partial charge in [-0.1, -0.05) is 42.5 Å². The number of β-lactam (4-membered cyclic amide) rings is 1. The van der Waals surface area contributed by atoms with Crippen LogP contribution in [0.25, 0.3) is 0 Å². The van der Waals surface area contributed by atoms with Crippen molar-refractivity contribution in [2.45, 2.75) is 29.5 Å². The molecule has 2 unspecified atom stereocenters. The molecule has 33 heavy (non-hydrogen) atoms. The van der Waals surface area contributed by atoms with Crippen molar-refractivity contribution in [2.75, 3.05) is 13.0 Å². The van der Waals surface area contributed by atoms with Gasteiger partial charge in [-0.05, 0) is 35.3 Å². The number of hydrogen-bond acceptors (Lipinski definition) is 5. The summed E-state index contributed by atoms with van der Waals surface area (Å²) < 4.78 is 5.12. The third kappa shape index (κ3) is 4.72. The number of fused-ring (bicyclic) bond motifs is 1. The second-order valence-corrected chi connectivity index (χ2v) is 9.39. The van der Waals surface area contributed by atoms with Crippen LogP contribution in [0.3, 0.4) is 0 Å². The molecule has 2 N–H and O–H groups in total. The third-order valence-electron chi connectivity index (χ3n) is 5.73. The number of carboxylic acid groups (broad SMARTS) is 1. The zero-order valence-corrected chi connectivity index (χ0v) is 19.4. The fourth-order valence-electron chi connectivity index (χ4n) is 4.07. The molecule has 2 aliphatic heterocycles. The Labute approximate surface area is 200 Å². The first-order chi connectivity index (χ1) is 15.9. The van der Waals surface area contributed by atoms with Gasteiger partial charge in [-0.2, -0.15) is 0 Å². The van der Waals surface area contributed by atoms with E-state index in [9.17, 15) is 19.5 Å².